The van der Waals surface area contributed by atoms with E-state index in [1.165, 1.54) is 6.39 Å². The zero-order chi connectivity index (χ0) is 16.7. The minimum Gasteiger partial charge on any atom is -0.449 e. The van der Waals surface area contributed by atoms with Gasteiger partial charge in [0.05, 0.1) is 21.4 Å². The Morgan fingerprint density at radius 3 is 2.71 bits per heavy atom. The number of nitrogen functional groups attached to an aromatic ring is 1. The minimum absolute atomic E-state index is 0.305. The van der Waals surface area contributed by atoms with Crippen molar-refractivity contribution in [2.24, 2.45) is 0 Å². The van der Waals surface area contributed by atoms with Crippen molar-refractivity contribution in [3.05, 3.63) is 57.6 Å². The van der Waals surface area contributed by atoms with Crippen LogP contribution >= 0.6 is 22.6 Å². The average molecular weight is 432 g/mol. The van der Waals surface area contributed by atoms with E-state index in [-0.39, 0.29) is 0 Å². The monoisotopic (exact) mass is 432 g/mol. The number of fused-ring (bicyclic) bond motifs is 1. The summed E-state index contributed by atoms with van der Waals surface area (Å²) in [6, 6.07) is 9.90. The van der Waals surface area contributed by atoms with E-state index in [9.17, 15) is 0 Å². The number of aromatic nitrogens is 5. The summed E-state index contributed by atoms with van der Waals surface area (Å²) in [5, 5.41) is 4.46. The predicted octanol–water partition coefficient (Wildman–Crippen LogP) is 2.87. The van der Waals surface area contributed by atoms with Gasteiger partial charge >= 0.3 is 0 Å². The highest BCUT2D eigenvalue weighted by Gasteiger charge is 2.17. The lowest BCUT2D eigenvalue weighted by molar-refractivity contribution is 0.524. The maximum atomic E-state index is 6.09. The Bertz CT molecular complexity index is 1020. The number of oxazole rings is 1. The minimum atomic E-state index is 0.305. The Balaban J connectivity index is 1.83. The fourth-order valence-electron chi connectivity index (χ4n) is 2.48. The van der Waals surface area contributed by atoms with E-state index in [4.69, 9.17) is 10.2 Å². The lowest BCUT2D eigenvalue weighted by Gasteiger charge is -2.06. The molecule has 0 fully saturated rings. The van der Waals surface area contributed by atoms with Gasteiger partial charge in [-0.1, -0.05) is 30.3 Å². The summed E-state index contributed by atoms with van der Waals surface area (Å²) in [6.45, 7) is 1.87. The van der Waals surface area contributed by atoms with Crippen LogP contribution in [0.15, 0.2) is 41.1 Å². The van der Waals surface area contributed by atoms with Crippen molar-refractivity contribution in [3.8, 4) is 11.3 Å². The van der Waals surface area contributed by atoms with Crippen LogP contribution in [0.1, 0.15) is 17.3 Å². The SMILES string of the molecule is Cc1ocnc1Cc1nc2c(I)c(-c3ccccc3)nc(N)n2n1. The molecule has 0 atom stereocenters. The molecule has 3 heterocycles. The van der Waals surface area contributed by atoms with Crippen LogP contribution < -0.4 is 5.73 Å². The fourth-order valence-corrected chi connectivity index (χ4v) is 3.26. The van der Waals surface area contributed by atoms with E-state index in [2.05, 4.69) is 42.6 Å². The Morgan fingerprint density at radius 2 is 2.00 bits per heavy atom. The Morgan fingerprint density at radius 1 is 1.21 bits per heavy atom. The smallest absolute Gasteiger partial charge is 0.223 e. The van der Waals surface area contributed by atoms with Crippen LogP contribution in [0.3, 0.4) is 0 Å². The van der Waals surface area contributed by atoms with Crippen molar-refractivity contribution < 1.29 is 4.42 Å². The Hall–Kier alpha value is -2.49. The van der Waals surface area contributed by atoms with Gasteiger partial charge in [-0.15, -0.1) is 5.10 Å². The second-order valence-electron chi connectivity index (χ2n) is 5.29. The standard InChI is InChI=1S/C16H13IN6O/c1-9-11(19-8-24-9)7-12-20-15-13(17)14(10-5-3-2-4-6-10)21-16(18)23(15)22-12/h2-6,8H,7H2,1H3,(H2,18,21). The summed E-state index contributed by atoms with van der Waals surface area (Å²) in [6.07, 6.45) is 1.91. The molecule has 0 radical (unpaired) electrons. The highest BCUT2D eigenvalue weighted by Crippen LogP contribution is 2.27. The molecule has 0 saturated heterocycles. The van der Waals surface area contributed by atoms with Gasteiger partial charge in [-0.3, -0.25) is 0 Å². The summed E-state index contributed by atoms with van der Waals surface area (Å²) in [5.74, 6) is 1.70. The third kappa shape index (κ3) is 2.52. The normalized spacial score (nSPS) is 11.2. The summed E-state index contributed by atoms with van der Waals surface area (Å²) in [7, 11) is 0. The molecule has 2 N–H and O–H groups in total. The van der Waals surface area contributed by atoms with Gasteiger partial charge in [0.1, 0.15) is 5.76 Å². The van der Waals surface area contributed by atoms with Gasteiger partial charge in [-0.05, 0) is 29.5 Å². The quantitative estimate of drug-likeness (QED) is 0.501. The number of benzene rings is 1. The second kappa shape index (κ2) is 5.86. The number of hydrogen-bond acceptors (Lipinski definition) is 6. The molecule has 0 aliphatic carbocycles. The number of aryl methyl sites for hydroxylation is 1. The third-order valence-electron chi connectivity index (χ3n) is 3.72. The van der Waals surface area contributed by atoms with Crippen molar-refractivity contribution in [3.63, 3.8) is 0 Å². The van der Waals surface area contributed by atoms with Gasteiger partial charge in [-0.2, -0.15) is 4.52 Å². The molecule has 1 aromatic carbocycles. The topological polar surface area (TPSA) is 95.1 Å². The largest absolute Gasteiger partial charge is 0.449 e. The Kier molecular flexibility index (Phi) is 3.68. The number of nitrogens with zero attached hydrogens (tertiary/aromatic N) is 5. The van der Waals surface area contributed by atoms with Crippen molar-refractivity contribution in [2.75, 3.05) is 5.73 Å². The first-order valence-corrected chi connectivity index (χ1v) is 8.36. The molecule has 0 saturated carbocycles. The molecular formula is C16H13IN6O. The zero-order valence-corrected chi connectivity index (χ0v) is 14.9. The van der Waals surface area contributed by atoms with Crippen molar-refractivity contribution in [1.29, 1.82) is 0 Å². The van der Waals surface area contributed by atoms with Gasteiger partial charge < -0.3 is 10.2 Å². The van der Waals surface area contributed by atoms with Gasteiger partial charge in [0, 0.05) is 5.56 Å². The lowest BCUT2D eigenvalue weighted by Crippen LogP contribution is -2.05. The van der Waals surface area contributed by atoms with E-state index in [1.807, 2.05) is 37.3 Å². The van der Waals surface area contributed by atoms with Crippen LogP contribution in [0.4, 0.5) is 5.95 Å². The highest BCUT2D eigenvalue weighted by atomic mass is 127. The summed E-state index contributed by atoms with van der Waals surface area (Å²) in [4.78, 5) is 13.3. The molecule has 24 heavy (non-hydrogen) atoms. The molecule has 7 nitrogen and oxygen atoms in total. The average Bonchev–Trinajstić information content (AvgIpc) is 3.19. The summed E-state index contributed by atoms with van der Waals surface area (Å²) < 4.78 is 7.70. The fraction of sp³-hybridized carbons (Fsp3) is 0.125. The van der Waals surface area contributed by atoms with E-state index in [1.54, 1.807) is 4.52 Å². The van der Waals surface area contributed by atoms with E-state index in [0.29, 0.717) is 23.8 Å². The van der Waals surface area contributed by atoms with Gasteiger partial charge in [0.25, 0.3) is 0 Å². The molecule has 8 heteroatoms. The van der Waals surface area contributed by atoms with Gasteiger partial charge in [0.15, 0.2) is 17.9 Å². The lowest BCUT2D eigenvalue weighted by atomic mass is 10.1. The van der Waals surface area contributed by atoms with Crippen LogP contribution in [-0.4, -0.2) is 24.6 Å². The van der Waals surface area contributed by atoms with Gasteiger partial charge in [-0.25, -0.2) is 15.0 Å². The number of halogens is 1. The van der Waals surface area contributed by atoms with Gasteiger partial charge in [0.2, 0.25) is 5.95 Å². The van der Waals surface area contributed by atoms with Crippen LogP contribution in [0.5, 0.6) is 0 Å². The molecule has 0 aliphatic heterocycles. The second-order valence-corrected chi connectivity index (χ2v) is 6.37. The molecular weight excluding hydrogens is 419 g/mol. The number of rotatable bonds is 3. The first-order chi connectivity index (χ1) is 11.6. The van der Waals surface area contributed by atoms with Crippen molar-refractivity contribution in [2.45, 2.75) is 13.3 Å². The summed E-state index contributed by atoms with van der Waals surface area (Å²) in [5.41, 5.74) is 9.40. The van der Waals surface area contributed by atoms with E-state index >= 15 is 0 Å². The predicted molar refractivity (Wildman–Crippen MR) is 97.4 cm³/mol. The highest BCUT2D eigenvalue weighted by molar-refractivity contribution is 14.1. The molecule has 120 valence electrons. The van der Waals surface area contributed by atoms with Crippen LogP contribution in [0, 0.1) is 10.5 Å². The molecule has 0 unspecified atom stereocenters. The first kappa shape index (κ1) is 15.1. The van der Waals surface area contributed by atoms with Crippen LogP contribution in [-0.2, 0) is 6.42 Å². The van der Waals surface area contributed by atoms with Crippen LogP contribution in [0.2, 0.25) is 0 Å². The van der Waals surface area contributed by atoms with Crippen molar-refractivity contribution in [1.82, 2.24) is 24.6 Å². The Labute approximate surface area is 151 Å². The molecule has 0 spiro atoms. The van der Waals surface area contributed by atoms with E-state index < -0.39 is 0 Å². The number of hydrogen-bond donors (Lipinski definition) is 1. The molecule has 4 rings (SSSR count). The number of nitrogens with two attached hydrogens (primary N) is 1. The molecule has 4 aromatic rings. The third-order valence-corrected chi connectivity index (χ3v) is 4.71. The maximum absolute atomic E-state index is 6.09. The molecule has 0 aliphatic rings. The number of anilines is 1. The van der Waals surface area contributed by atoms with Crippen molar-refractivity contribution >= 4 is 34.2 Å². The molecule has 0 bridgehead atoms. The zero-order valence-electron chi connectivity index (χ0n) is 12.8. The van der Waals surface area contributed by atoms with E-state index in [0.717, 1.165) is 26.3 Å². The maximum Gasteiger partial charge on any atom is 0.223 e. The van der Waals surface area contributed by atoms with Crippen LogP contribution in [0.25, 0.3) is 16.9 Å². The molecule has 3 aromatic heterocycles. The molecule has 0 amide bonds. The first-order valence-electron chi connectivity index (χ1n) is 7.28. The summed E-state index contributed by atoms with van der Waals surface area (Å²) >= 11 is 2.23.